The number of hydrogen-bond acceptors (Lipinski definition) is 2. The predicted molar refractivity (Wildman–Crippen MR) is 85.0 cm³/mol. The zero-order valence-electron chi connectivity index (χ0n) is 12.8. The first-order valence-corrected chi connectivity index (χ1v) is 8.25. The van der Waals surface area contributed by atoms with Gasteiger partial charge in [-0.2, -0.15) is 0 Å². The Balaban J connectivity index is 1.77. The quantitative estimate of drug-likeness (QED) is 0.779. The molecule has 0 spiro atoms. The molecule has 2 atom stereocenters. The summed E-state index contributed by atoms with van der Waals surface area (Å²) in [5, 5.41) is 3.75. The zero-order valence-corrected chi connectivity index (χ0v) is 12.8. The highest BCUT2D eigenvalue weighted by molar-refractivity contribution is 5.14. The second kappa shape index (κ2) is 9.15. The van der Waals surface area contributed by atoms with Crippen molar-refractivity contribution in [3.63, 3.8) is 0 Å². The number of aryl methyl sites for hydroxylation is 1. The van der Waals surface area contributed by atoms with Crippen LogP contribution in [0, 0.1) is 5.92 Å². The van der Waals surface area contributed by atoms with Gasteiger partial charge in [0.2, 0.25) is 0 Å². The maximum absolute atomic E-state index is 5.67. The molecule has 0 radical (unpaired) electrons. The summed E-state index contributed by atoms with van der Waals surface area (Å²) in [5.74, 6) is 0.714. The van der Waals surface area contributed by atoms with Crippen LogP contribution in [-0.2, 0) is 11.2 Å². The van der Waals surface area contributed by atoms with Gasteiger partial charge in [0.15, 0.2) is 0 Å². The minimum absolute atomic E-state index is 0.638. The number of nitrogens with one attached hydrogen (secondary N) is 1. The van der Waals surface area contributed by atoms with Crippen molar-refractivity contribution in [2.45, 2.75) is 51.5 Å². The first kappa shape index (κ1) is 15.5. The van der Waals surface area contributed by atoms with Crippen LogP contribution < -0.4 is 5.32 Å². The molecule has 1 fully saturated rings. The van der Waals surface area contributed by atoms with Gasteiger partial charge in [0.1, 0.15) is 0 Å². The molecule has 0 saturated carbocycles. The van der Waals surface area contributed by atoms with Gasteiger partial charge >= 0.3 is 0 Å². The van der Waals surface area contributed by atoms with Gasteiger partial charge in [-0.05, 0) is 56.6 Å². The van der Waals surface area contributed by atoms with Gasteiger partial charge < -0.3 is 10.1 Å². The molecule has 20 heavy (non-hydrogen) atoms. The number of rotatable bonds is 8. The van der Waals surface area contributed by atoms with E-state index in [4.69, 9.17) is 4.74 Å². The van der Waals surface area contributed by atoms with Crippen LogP contribution in [0.3, 0.4) is 0 Å². The van der Waals surface area contributed by atoms with Crippen LogP contribution in [-0.4, -0.2) is 25.8 Å². The molecule has 1 aromatic rings. The summed E-state index contributed by atoms with van der Waals surface area (Å²) < 4.78 is 5.67. The van der Waals surface area contributed by atoms with Gasteiger partial charge in [0, 0.05) is 12.6 Å². The van der Waals surface area contributed by atoms with Crippen molar-refractivity contribution in [3.05, 3.63) is 35.9 Å². The first-order chi connectivity index (χ1) is 9.90. The SMILES string of the molecule is CCCNC(CCCc1ccccc1)C1CCCOC1. The number of benzene rings is 1. The number of ether oxygens (including phenoxy) is 1. The van der Waals surface area contributed by atoms with Crippen molar-refractivity contribution in [2.24, 2.45) is 5.92 Å². The fraction of sp³-hybridized carbons (Fsp3) is 0.667. The van der Waals surface area contributed by atoms with E-state index in [1.54, 1.807) is 0 Å². The maximum Gasteiger partial charge on any atom is 0.0509 e. The third-order valence-corrected chi connectivity index (χ3v) is 4.24. The van der Waals surface area contributed by atoms with E-state index < -0.39 is 0 Å². The lowest BCUT2D eigenvalue weighted by atomic mass is 9.89. The van der Waals surface area contributed by atoms with Crippen LogP contribution in [0.2, 0.25) is 0 Å². The van der Waals surface area contributed by atoms with E-state index in [1.165, 1.54) is 44.1 Å². The number of hydrogen-bond donors (Lipinski definition) is 1. The Kier molecular flexibility index (Phi) is 7.10. The van der Waals surface area contributed by atoms with Crippen molar-refractivity contribution in [1.29, 1.82) is 0 Å². The minimum Gasteiger partial charge on any atom is -0.381 e. The summed E-state index contributed by atoms with van der Waals surface area (Å²) in [6, 6.07) is 11.5. The fourth-order valence-electron chi connectivity index (χ4n) is 3.09. The highest BCUT2D eigenvalue weighted by atomic mass is 16.5. The first-order valence-electron chi connectivity index (χ1n) is 8.25. The fourth-order valence-corrected chi connectivity index (χ4v) is 3.09. The van der Waals surface area contributed by atoms with Crippen molar-refractivity contribution in [3.8, 4) is 0 Å². The van der Waals surface area contributed by atoms with Crippen molar-refractivity contribution in [2.75, 3.05) is 19.8 Å². The summed E-state index contributed by atoms with van der Waals surface area (Å²) in [4.78, 5) is 0. The molecule has 2 unspecified atom stereocenters. The molecule has 0 aliphatic carbocycles. The molecular formula is C18H29NO. The van der Waals surface area contributed by atoms with Gasteiger partial charge in [-0.15, -0.1) is 0 Å². The highest BCUT2D eigenvalue weighted by Crippen LogP contribution is 2.21. The highest BCUT2D eigenvalue weighted by Gasteiger charge is 2.23. The summed E-state index contributed by atoms with van der Waals surface area (Å²) in [6.45, 7) is 5.28. The molecule has 0 bridgehead atoms. The smallest absolute Gasteiger partial charge is 0.0509 e. The molecule has 0 aromatic heterocycles. The monoisotopic (exact) mass is 275 g/mol. The maximum atomic E-state index is 5.67. The lowest BCUT2D eigenvalue weighted by Gasteiger charge is -2.31. The molecule has 1 N–H and O–H groups in total. The van der Waals surface area contributed by atoms with Crippen LogP contribution >= 0.6 is 0 Å². The molecule has 112 valence electrons. The van der Waals surface area contributed by atoms with Crippen molar-refractivity contribution < 1.29 is 4.74 Å². The molecule has 1 saturated heterocycles. The topological polar surface area (TPSA) is 21.3 Å². The molecule has 1 aliphatic rings. The van der Waals surface area contributed by atoms with Crippen LogP contribution in [0.1, 0.15) is 44.6 Å². The van der Waals surface area contributed by atoms with E-state index in [9.17, 15) is 0 Å². The average Bonchev–Trinajstić information content (AvgIpc) is 2.52. The Bertz CT molecular complexity index is 346. The lowest BCUT2D eigenvalue weighted by Crippen LogP contribution is -2.40. The molecule has 1 heterocycles. The molecule has 0 amide bonds. The largest absolute Gasteiger partial charge is 0.381 e. The molecule has 1 aliphatic heterocycles. The Morgan fingerprint density at radius 3 is 2.85 bits per heavy atom. The van der Waals surface area contributed by atoms with E-state index in [0.717, 1.165) is 19.8 Å². The van der Waals surface area contributed by atoms with Crippen molar-refractivity contribution in [1.82, 2.24) is 5.32 Å². The Hall–Kier alpha value is -0.860. The Labute approximate surface area is 123 Å². The second-order valence-corrected chi connectivity index (χ2v) is 5.92. The minimum atomic E-state index is 0.638. The van der Waals surface area contributed by atoms with E-state index in [2.05, 4.69) is 42.6 Å². The van der Waals surface area contributed by atoms with Crippen LogP contribution in [0.15, 0.2) is 30.3 Å². The van der Waals surface area contributed by atoms with Gasteiger partial charge in [-0.3, -0.25) is 0 Å². The van der Waals surface area contributed by atoms with Gasteiger partial charge in [-0.1, -0.05) is 37.3 Å². The Morgan fingerprint density at radius 1 is 1.30 bits per heavy atom. The van der Waals surface area contributed by atoms with E-state index >= 15 is 0 Å². The third-order valence-electron chi connectivity index (χ3n) is 4.24. The van der Waals surface area contributed by atoms with Gasteiger partial charge in [0.05, 0.1) is 6.61 Å². The normalized spacial score (nSPS) is 20.8. The van der Waals surface area contributed by atoms with E-state index in [1.807, 2.05) is 0 Å². The van der Waals surface area contributed by atoms with Crippen LogP contribution in [0.4, 0.5) is 0 Å². The van der Waals surface area contributed by atoms with Crippen molar-refractivity contribution >= 4 is 0 Å². The molecule has 1 aromatic carbocycles. The molecule has 2 nitrogen and oxygen atoms in total. The summed E-state index contributed by atoms with van der Waals surface area (Å²) in [7, 11) is 0. The predicted octanol–water partition coefficient (Wildman–Crippen LogP) is 3.80. The standard InChI is InChI=1S/C18H29NO/c1-2-13-19-18(17-11-7-14-20-15-17)12-6-10-16-8-4-3-5-9-16/h3-5,8-9,17-19H,2,6-7,10-15H2,1H3. The molecule has 2 rings (SSSR count). The summed E-state index contributed by atoms with van der Waals surface area (Å²) >= 11 is 0. The lowest BCUT2D eigenvalue weighted by molar-refractivity contribution is 0.0377. The molecular weight excluding hydrogens is 246 g/mol. The zero-order chi connectivity index (χ0) is 14.0. The second-order valence-electron chi connectivity index (χ2n) is 5.92. The van der Waals surface area contributed by atoms with E-state index in [-0.39, 0.29) is 0 Å². The Morgan fingerprint density at radius 2 is 2.15 bits per heavy atom. The molecule has 2 heteroatoms. The van der Waals surface area contributed by atoms with E-state index in [0.29, 0.717) is 12.0 Å². The van der Waals surface area contributed by atoms with Crippen LogP contribution in [0.25, 0.3) is 0 Å². The van der Waals surface area contributed by atoms with Crippen LogP contribution in [0.5, 0.6) is 0 Å². The third kappa shape index (κ3) is 5.26. The van der Waals surface area contributed by atoms with Gasteiger partial charge in [0.25, 0.3) is 0 Å². The summed E-state index contributed by atoms with van der Waals surface area (Å²) in [5.41, 5.74) is 1.46. The van der Waals surface area contributed by atoms with Gasteiger partial charge in [-0.25, -0.2) is 0 Å². The summed E-state index contributed by atoms with van der Waals surface area (Å²) in [6.07, 6.45) is 7.49. The average molecular weight is 275 g/mol.